The third-order valence-electron chi connectivity index (χ3n) is 3.12. The molecule has 0 saturated heterocycles. The van der Waals surface area contributed by atoms with Crippen LogP contribution in [0.1, 0.15) is 52.9 Å². The molecule has 0 spiro atoms. The van der Waals surface area contributed by atoms with Gasteiger partial charge in [0, 0.05) is 12.6 Å². The Bertz CT molecular complexity index is 214. The lowest BCUT2D eigenvalue weighted by atomic mass is 9.92. The van der Waals surface area contributed by atoms with E-state index in [-0.39, 0.29) is 6.03 Å². The van der Waals surface area contributed by atoms with Crippen molar-refractivity contribution in [3.05, 3.63) is 0 Å². The molecule has 1 aliphatic carbocycles. The largest absolute Gasteiger partial charge is 0.338 e. The molecule has 0 aliphatic heterocycles. The maximum Gasteiger partial charge on any atom is 0.315 e. The first-order valence-electron chi connectivity index (χ1n) is 6.08. The van der Waals surface area contributed by atoms with Crippen LogP contribution in [0.25, 0.3) is 0 Å². The van der Waals surface area contributed by atoms with Crippen LogP contribution in [-0.4, -0.2) is 18.6 Å². The normalized spacial score (nSPS) is 23.8. The summed E-state index contributed by atoms with van der Waals surface area (Å²) in [5, 5.41) is 5.93. The van der Waals surface area contributed by atoms with Gasteiger partial charge in [-0.15, -0.1) is 0 Å². The molecule has 1 unspecified atom stereocenters. The molecule has 1 fully saturated rings. The molecule has 2 N–H and O–H groups in total. The SMILES string of the molecule is CCCCNC(=O)NC1CCC(C)(C)C1. The molecule has 0 aromatic carbocycles. The molecule has 0 bridgehead atoms. The lowest BCUT2D eigenvalue weighted by Gasteiger charge is -2.18. The first-order valence-corrected chi connectivity index (χ1v) is 6.08. The van der Waals surface area contributed by atoms with Gasteiger partial charge in [0.25, 0.3) is 0 Å². The Balaban J connectivity index is 2.16. The Kier molecular flexibility index (Phi) is 4.43. The van der Waals surface area contributed by atoms with Gasteiger partial charge in [-0.2, -0.15) is 0 Å². The molecule has 0 aromatic heterocycles. The molecular formula is C12H24N2O. The highest BCUT2D eigenvalue weighted by Crippen LogP contribution is 2.36. The number of carbonyl (C=O) groups excluding carboxylic acids is 1. The van der Waals surface area contributed by atoms with Crippen molar-refractivity contribution in [1.82, 2.24) is 10.6 Å². The number of hydrogen-bond donors (Lipinski definition) is 2. The zero-order valence-corrected chi connectivity index (χ0v) is 10.2. The minimum atomic E-state index is 0.00569. The van der Waals surface area contributed by atoms with Crippen molar-refractivity contribution in [2.45, 2.75) is 58.9 Å². The van der Waals surface area contributed by atoms with Gasteiger partial charge in [0.1, 0.15) is 0 Å². The van der Waals surface area contributed by atoms with E-state index in [1.165, 1.54) is 6.42 Å². The second kappa shape index (κ2) is 5.38. The van der Waals surface area contributed by atoms with Crippen LogP contribution < -0.4 is 10.6 Å². The van der Waals surface area contributed by atoms with E-state index in [0.29, 0.717) is 11.5 Å². The van der Waals surface area contributed by atoms with Crippen molar-refractivity contribution < 1.29 is 4.79 Å². The molecule has 3 nitrogen and oxygen atoms in total. The predicted molar refractivity (Wildman–Crippen MR) is 62.9 cm³/mol. The predicted octanol–water partition coefficient (Wildman–Crippen LogP) is 2.66. The van der Waals surface area contributed by atoms with E-state index in [4.69, 9.17) is 0 Å². The Morgan fingerprint density at radius 3 is 2.73 bits per heavy atom. The minimum Gasteiger partial charge on any atom is -0.338 e. The Morgan fingerprint density at radius 1 is 1.47 bits per heavy atom. The first kappa shape index (κ1) is 12.3. The number of hydrogen-bond acceptors (Lipinski definition) is 1. The second-order valence-electron chi connectivity index (χ2n) is 5.36. The minimum absolute atomic E-state index is 0.00569. The van der Waals surface area contributed by atoms with E-state index in [0.717, 1.165) is 32.2 Å². The summed E-state index contributed by atoms with van der Waals surface area (Å²) in [5.74, 6) is 0. The molecular weight excluding hydrogens is 188 g/mol. The van der Waals surface area contributed by atoms with E-state index < -0.39 is 0 Å². The summed E-state index contributed by atoms with van der Waals surface area (Å²) >= 11 is 0. The van der Waals surface area contributed by atoms with Gasteiger partial charge >= 0.3 is 6.03 Å². The lowest BCUT2D eigenvalue weighted by Crippen LogP contribution is -2.41. The average molecular weight is 212 g/mol. The number of unbranched alkanes of at least 4 members (excludes halogenated alkanes) is 1. The maximum atomic E-state index is 11.5. The van der Waals surface area contributed by atoms with E-state index in [2.05, 4.69) is 31.4 Å². The molecule has 1 atom stereocenters. The fourth-order valence-corrected chi connectivity index (χ4v) is 2.17. The van der Waals surface area contributed by atoms with Gasteiger partial charge in [0.05, 0.1) is 0 Å². The molecule has 0 heterocycles. The zero-order chi connectivity index (χ0) is 11.3. The zero-order valence-electron chi connectivity index (χ0n) is 10.2. The van der Waals surface area contributed by atoms with Crippen LogP contribution in [0.4, 0.5) is 4.79 Å². The van der Waals surface area contributed by atoms with Gasteiger partial charge in [0.15, 0.2) is 0 Å². The summed E-state index contributed by atoms with van der Waals surface area (Å²) in [5.41, 5.74) is 0.404. The summed E-state index contributed by atoms with van der Waals surface area (Å²) in [6.07, 6.45) is 5.62. The molecule has 0 radical (unpaired) electrons. The van der Waals surface area contributed by atoms with Crippen LogP contribution in [0.5, 0.6) is 0 Å². The number of nitrogens with one attached hydrogen (secondary N) is 2. The van der Waals surface area contributed by atoms with E-state index >= 15 is 0 Å². The number of carbonyl (C=O) groups is 1. The summed E-state index contributed by atoms with van der Waals surface area (Å²) in [4.78, 5) is 11.5. The Labute approximate surface area is 93.0 Å². The van der Waals surface area contributed by atoms with Gasteiger partial charge < -0.3 is 10.6 Å². The van der Waals surface area contributed by atoms with Gasteiger partial charge in [-0.05, 0) is 31.1 Å². The van der Waals surface area contributed by atoms with Crippen LogP contribution in [0.2, 0.25) is 0 Å². The highest BCUT2D eigenvalue weighted by molar-refractivity contribution is 5.74. The summed E-state index contributed by atoms with van der Waals surface area (Å²) in [7, 11) is 0. The van der Waals surface area contributed by atoms with Crippen molar-refractivity contribution in [3.8, 4) is 0 Å². The maximum absolute atomic E-state index is 11.5. The number of rotatable bonds is 4. The molecule has 3 heteroatoms. The van der Waals surface area contributed by atoms with Crippen molar-refractivity contribution in [1.29, 1.82) is 0 Å². The molecule has 15 heavy (non-hydrogen) atoms. The standard InChI is InChI=1S/C12H24N2O/c1-4-5-8-13-11(15)14-10-6-7-12(2,3)9-10/h10H,4-9H2,1-3H3,(H2,13,14,15). The first-order chi connectivity index (χ1) is 7.03. The monoisotopic (exact) mass is 212 g/mol. The molecule has 2 amide bonds. The third-order valence-corrected chi connectivity index (χ3v) is 3.12. The summed E-state index contributed by atoms with van der Waals surface area (Å²) in [6, 6.07) is 0.382. The quantitative estimate of drug-likeness (QED) is 0.691. The summed E-state index contributed by atoms with van der Waals surface area (Å²) < 4.78 is 0. The van der Waals surface area contributed by atoms with Gasteiger partial charge in [-0.1, -0.05) is 27.2 Å². The topological polar surface area (TPSA) is 41.1 Å². The van der Waals surface area contributed by atoms with Gasteiger partial charge in [-0.25, -0.2) is 4.79 Å². The average Bonchev–Trinajstić information content (AvgIpc) is 2.46. The van der Waals surface area contributed by atoms with Crippen LogP contribution in [-0.2, 0) is 0 Å². The highest BCUT2D eigenvalue weighted by atomic mass is 16.2. The van der Waals surface area contributed by atoms with Crippen molar-refractivity contribution in [2.75, 3.05) is 6.54 Å². The van der Waals surface area contributed by atoms with E-state index in [1.807, 2.05) is 0 Å². The van der Waals surface area contributed by atoms with Crippen molar-refractivity contribution in [2.24, 2.45) is 5.41 Å². The van der Waals surface area contributed by atoms with Crippen LogP contribution in [0.15, 0.2) is 0 Å². The molecule has 1 saturated carbocycles. The Hall–Kier alpha value is -0.730. The summed E-state index contributed by atoms with van der Waals surface area (Å²) in [6.45, 7) is 7.45. The highest BCUT2D eigenvalue weighted by Gasteiger charge is 2.31. The van der Waals surface area contributed by atoms with Gasteiger partial charge in [-0.3, -0.25) is 0 Å². The fraction of sp³-hybridized carbons (Fsp3) is 0.917. The number of urea groups is 1. The smallest absolute Gasteiger partial charge is 0.315 e. The Morgan fingerprint density at radius 2 is 2.20 bits per heavy atom. The molecule has 0 aromatic rings. The van der Waals surface area contributed by atoms with Crippen molar-refractivity contribution in [3.63, 3.8) is 0 Å². The lowest BCUT2D eigenvalue weighted by molar-refractivity contribution is 0.236. The number of amides is 2. The molecule has 1 aliphatic rings. The fourth-order valence-electron chi connectivity index (χ4n) is 2.17. The van der Waals surface area contributed by atoms with E-state index in [1.54, 1.807) is 0 Å². The molecule has 1 rings (SSSR count). The van der Waals surface area contributed by atoms with Crippen LogP contribution in [0.3, 0.4) is 0 Å². The third kappa shape index (κ3) is 4.54. The van der Waals surface area contributed by atoms with E-state index in [9.17, 15) is 4.79 Å². The van der Waals surface area contributed by atoms with Gasteiger partial charge in [0.2, 0.25) is 0 Å². The van der Waals surface area contributed by atoms with Crippen LogP contribution >= 0.6 is 0 Å². The van der Waals surface area contributed by atoms with Crippen LogP contribution in [0, 0.1) is 5.41 Å². The van der Waals surface area contributed by atoms with Crippen molar-refractivity contribution >= 4 is 6.03 Å². The second-order valence-corrected chi connectivity index (χ2v) is 5.36. The molecule has 88 valence electrons.